The third-order valence-electron chi connectivity index (χ3n) is 6.50. The summed E-state index contributed by atoms with van der Waals surface area (Å²) in [5.41, 5.74) is 1.74. The third-order valence-corrected chi connectivity index (χ3v) is 7.39. The summed E-state index contributed by atoms with van der Waals surface area (Å²) in [6, 6.07) is 5.80. The van der Waals surface area contributed by atoms with Gasteiger partial charge < -0.3 is 5.32 Å². The topological polar surface area (TPSA) is 92.7 Å². The number of thiophene rings is 1. The quantitative estimate of drug-likeness (QED) is 0.512. The van der Waals surface area contributed by atoms with Crippen LogP contribution < -0.4 is 10.9 Å². The van der Waals surface area contributed by atoms with Gasteiger partial charge in [-0.2, -0.15) is 9.78 Å². The maximum Gasteiger partial charge on any atom is 0.255 e. The summed E-state index contributed by atoms with van der Waals surface area (Å²) in [7, 11) is 0. The largest absolute Gasteiger partial charge is 0.310 e. The Bertz CT molecular complexity index is 1120. The number of carbonyl (C=O) groups excluding carboxylic acids is 1. The van der Waals surface area contributed by atoms with E-state index in [4.69, 9.17) is 0 Å². The number of carbonyl (C=O) groups is 1. The molecule has 0 atom stereocenters. The van der Waals surface area contributed by atoms with Gasteiger partial charge in [0.15, 0.2) is 0 Å². The van der Waals surface area contributed by atoms with E-state index in [1.54, 1.807) is 25.2 Å². The Hall–Kier alpha value is -2.74. The Balaban J connectivity index is 1.58. The van der Waals surface area contributed by atoms with Crippen LogP contribution in [-0.4, -0.2) is 25.7 Å². The van der Waals surface area contributed by atoms with Crippen molar-refractivity contribution in [3.05, 3.63) is 45.2 Å². The first kappa shape index (κ1) is 22.5. The van der Waals surface area contributed by atoms with E-state index >= 15 is 0 Å². The maximum atomic E-state index is 13.1. The minimum absolute atomic E-state index is 0.00757. The number of aromatic amines is 1. The van der Waals surface area contributed by atoms with E-state index in [1.165, 1.54) is 23.9 Å². The van der Waals surface area contributed by atoms with Crippen LogP contribution in [0.25, 0.3) is 16.5 Å². The highest BCUT2D eigenvalue weighted by Crippen LogP contribution is 2.33. The van der Waals surface area contributed by atoms with Crippen LogP contribution in [0.3, 0.4) is 0 Å². The molecule has 1 fully saturated rings. The van der Waals surface area contributed by atoms with E-state index in [0.717, 1.165) is 42.2 Å². The van der Waals surface area contributed by atoms with Gasteiger partial charge >= 0.3 is 0 Å². The van der Waals surface area contributed by atoms with Crippen LogP contribution in [0.2, 0.25) is 0 Å². The minimum Gasteiger partial charge on any atom is -0.310 e. The smallest absolute Gasteiger partial charge is 0.255 e. The predicted octanol–water partition coefficient (Wildman–Crippen LogP) is 5.24. The Morgan fingerprint density at radius 1 is 1.28 bits per heavy atom. The van der Waals surface area contributed by atoms with Crippen LogP contribution in [-0.2, 0) is 4.79 Å². The lowest BCUT2D eigenvalue weighted by molar-refractivity contribution is -0.121. The van der Waals surface area contributed by atoms with Gasteiger partial charge in [-0.1, -0.05) is 32.3 Å². The van der Waals surface area contributed by atoms with Crippen molar-refractivity contribution in [2.24, 2.45) is 11.8 Å². The molecule has 1 aliphatic carbocycles. The Morgan fingerprint density at radius 2 is 2.06 bits per heavy atom. The van der Waals surface area contributed by atoms with Crippen molar-refractivity contribution < 1.29 is 4.79 Å². The minimum atomic E-state index is -0.205. The average Bonchev–Trinajstić information content (AvgIpc) is 3.46. The molecule has 0 spiro atoms. The number of amides is 1. The fraction of sp³-hybridized carbons (Fsp3) is 0.500. The van der Waals surface area contributed by atoms with Crippen LogP contribution in [0.4, 0.5) is 5.82 Å². The standard InChI is InChI=1S/C24H31N5O2S/c1-4-5-7-17-9-11-18(12-10-17)23(31)26-21-14-19(20-8-6-13-32-20)28-29(21)24-25-16(3)15(2)22(30)27-24/h6,8,13-14,17-18H,4-5,7,9-12H2,1-3H3,(H,26,31)(H,25,27,30). The van der Waals surface area contributed by atoms with Crippen molar-refractivity contribution in [3.8, 4) is 16.5 Å². The Kier molecular flexibility index (Phi) is 6.89. The number of anilines is 1. The summed E-state index contributed by atoms with van der Waals surface area (Å²) in [5.74, 6) is 1.61. The van der Waals surface area contributed by atoms with Crippen molar-refractivity contribution in [1.82, 2.24) is 19.7 Å². The number of nitrogens with zero attached hydrogens (tertiary/aromatic N) is 3. The average molecular weight is 454 g/mol. The number of rotatable bonds is 7. The second-order valence-electron chi connectivity index (χ2n) is 8.75. The van der Waals surface area contributed by atoms with Gasteiger partial charge in [0.1, 0.15) is 11.5 Å². The number of aromatic nitrogens is 4. The molecule has 3 aromatic heterocycles. The summed E-state index contributed by atoms with van der Waals surface area (Å²) in [4.78, 5) is 33.7. The predicted molar refractivity (Wildman–Crippen MR) is 128 cm³/mol. The van der Waals surface area contributed by atoms with Crippen molar-refractivity contribution in [2.75, 3.05) is 5.32 Å². The summed E-state index contributed by atoms with van der Waals surface area (Å²) >= 11 is 1.57. The maximum absolute atomic E-state index is 13.1. The van der Waals surface area contributed by atoms with E-state index in [9.17, 15) is 9.59 Å². The van der Waals surface area contributed by atoms with E-state index < -0.39 is 0 Å². The second kappa shape index (κ2) is 9.81. The summed E-state index contributed by atoms with van der Waals surface area (Å²) in [6.07, 6.45) is 7.84. The highest BCUT2D eigenvalue weighted by molar-refractivity contribution is 7.13. The van der Waals surface area contributed by atoms with E-state index in [1.807, 2.05) is 23.6 Å². The molecule has 8 heteroatoms. The molecular weight excluding hydrogens is 422 g/mol. The van der Waals surface area contributed by atoms with Crippen LogP contribution >= 0.6 is 11.3 Å². The Labute approximate surface area is 192 Å². The molecule has 0 radical (unpaired) electrons. The SMILES string of the molecule is CCCCC1CCC(C(=O)Nc2cc(-c3cccs3)nn2-c2nc(C)c(C)c(=O)[nH]2)CC1. The molecule has 0 aromatic carbocycles. The number of hydrogen-bond acceptors (Lipinski definition) is 5. The number of unbranched alkanes of at least 4 members (excludes halogenated alkanes) is 1. The molecule has 1 saturated carbocycles. The first-order valence-corrected chi connectivity index (χ1v) is 12.4. The van der Waals surface area contributed by atoms with E-state index in [0.29, 0.717) is 23.0 Å². The zero-order valence-electron chi connectivity index (χ0n) is 19.0. The van der Waals surface area contributed by atoms with Crippen molar-refractivity contribution >= 4 is 23.1 Å². The fourth-order valence-electron chi connectivity index (χ4n) is 4.34. The lowest BCUT2D eigenvalue weighted by Crippen LogP contribution is -2.28. The molecule has 0 bridgehead atoms. The van der Waals surface area contributed by atoms with E-state index in [2.05, 4.69) is 27.3 Å². The third kappa shape index (κ3) is 4.85. The van der Waals surface area contributed by atoms with Gasteiger partial charge in [0.25, 0.3) is 5.56 Å². The monoisotopic (exact) mass is 453 g/mol. The molecule has 2 N–H and O–H groups in total. The van der Waals surface area contributed by atoms with Crippen molar-refractivity contribution in [3.63, 3.8) is 0 Å². The van der Waals surface area contributed by atoms with Crippen LogP contribution in [0.5, 0.6) is 0 Å². The van der Waals surface area contributed by atoms with Gasteiger partial charge in [-0.3, -0.25) is 14.6 Å². The van der Waals surface area contributed by atoms with Gasteiger partial charge in [0.05, 0.1) is 4.88 Å². The molecular formula is C24H31N5O2S. The highest BCUT2D eigenvalue weighted by atomic mass is 32.1. The highest BCUT2D eigenvalue weighted by Gasteiger charge is 2.27. The fourth-order valence-corrected chi connectivity index (χ4v) is 5.02. The van der Waals surface area contributed by atoms with Crippen molar-refractivity contribution in [2.45, 2.75) is 65.7 Å². The van der Waals surface area contributed by atoms with Crippen LogP contribution in [0.15, 0.2) is 28.4 Å². The first-order chi connectivity index (χ1) is 15.5. The van der Waals surface area contributed by atoms with Gasteiger partial charge in [0.2, 0.25) is 11.9 Å². The second-order valence-corrected chi connectivity index (χ2v) is 9.70. The summed E-state index contributed by atoms with van der Waals surface area (Å²) in [5, 5.41) is 9.72. The first-order valence-electron chi connectivity index (χ1n) is 11.5. The number of aryl methyl sites for hydroxylation is 1. The number of hydrogen-bond donors (Lipinski definition) is 2. The summed E-state index contributed by atoms with van der Waals surface area (Å²) in [6.45, 7) is 5.77. The molecule has 1 aliphatic rings. The Morgan fingerprint density at radius 3 is 2.72 bits per heavy atom. The van der Waals surface area contributed by atoms with Gasteiger partial charge in [-0.25, -0.2) is 4.98 Å². The van der Waals surface area contributed by atoms with Crippen LogP contribution in [0.1, 0.15) is 63.1 Å². The molecule has 0 saturated heterocycles. The zero-order chi connectivity index (χ0) is 22.7. The van der Waals surface area contributed by atoms with E-state index in [-0.39, 0.29) is 17.4 Å². The summed E-state index contributed by atoms with van der Waals surface area (Å²) < 4.78 is 1.54. The molecule has 32 heavy (non-hydrogen) atoms. The number of H-pyrrole nitrogens is 1. The molecule has 3 aromatic rings. The van der Waals surface area contributed by atoms with Gasteiger partial charge in [-0.05, 0) is 56.9 Å². The molecule has 0 aliphatic heterocycles. The van der Waals surface area contributed by atoms with Crippen LogP contribution in [0, 0.1) is 25.7 Å². The molecule has 3 heterocycles. The normalized spacial score (nSPS) is 18.6. The molecule has 0 unspecified atom stereocenters. The van der Waals surface area contributed by atoms with Gasteiger partial charge in [-0.15, -0.1) is 11.3 Å². The zero-order valence-corrected chi connectivity index (χ0v) is 19.8. The van der Waals surface area contributed by atoms with Crippen molar-refractivity contribution in [1.29, 1.82) is 0 Å². The molecule has 4 rings (SSSR count). The van der Waals surface area contributed by atoms with Gasteiger partial charge in [0, 0.05) is 23.2 Å². The molecule has 1 amide bonds. The molecule has 7 nitrogen and oxygen atoms in total. The molecule has 170 valence electrons. The lowest BCUT2D eigenvalue weighted by Gasteiger charge is -2.27. The lowest BCUT2D eigenvalue weighted by atomic mass is 9.79. The number of nitrogens with one attached hydrogen (secondary N) is 2.